The molecule has 0 aliphatic rings. The summed E-state index contributed by atoms with van der Waals surface area (Å²) in [5.74, 6) is 0.717. The van der Waals surface area contributed by atoms with Gasteiger partial charge in [-0.2, -0.15) is 0 Å². The van der Waals surface area contributed by atoms with Crippen molar-refractivity contribution in [3.63, 3.8) is 0 Å². The molecular formula is C22H24N2O2S. The van der Waals surface area contributed by atoms with Crippen LogP contribution < -0.4 is 4.74 Å². The Morgan fingerprint density at radius 1 is 1.15 bits per heavy atom. The summed E-state index contributed by atoms with van der Waals surface area (Å²) in [6.45, 7) is 5.76. The molecule has 0 N–H and O–H groups in total. The average molecular weight is 381 g/mol. The highest BCUT2D eigenvalue weighted by Gasteiger charge is 2.15. The van der Waals surface area contributed by atoms with E-state index >= 15 is 0 Å². The molecule has 5 heteroatoms. The molecule has 3 aromatic rings. The number of likely N-dealkylation sites (N-methyl/N-ethyl adjacent to an activating group) is 1. The monoisotopic (exact) mass is 380 g/mol. The molecule has 27 heavy (non-hydrogen) atoms. The Morgan fingerprint density at radius 3 is 2.67 bits per heavy atom. The lowest BCUT2D eigenvalue weighted by Gasteiger charge is -2.21. The van der Waals surface area contributed by atoms with Gasteiger partial charge >= 0.3 is 0 Å². The number of hydrogen-bond acceptors (Lipinski definition) is 4. The second-order valence-electron chi connectivity index (χ2n) is 6.29. The van der Waals surface area contributed by atoms with Crippen LogP contribution in [0.3, 0.4) is 0 Å². The van der Waals surface area contributed by atoms with E-state index in [4.69, 9.17) is 4.74 Å². The van der Waals surface area contributed by atoms with Crippen LogP contribution >= 0.6 is 11.3 Å². The van der Waals surface area contributed by atoms with Gasteiger partial charge in [-0.3, -0.25) is 4.79 Å². The molecule has 2 aromatic carbocycles. The highest BCUT2D eigenvalue weighted by Crippen LogP contribution is 2.18. The third-order valence-corrected chi connectivity index (χ3v) is 5.14. The van der Waals surface area contributed by atoms with Crippen LogP contribution in [0.2, 0.25) is 0 Å². The van der Waals surface area contributed by atoms with Crippen LogP contribution in [0.1, 0.15) is 33.5 Å². The van der Waals surface area contributed by atoms with Gasteiger partial charge in [0, 0.05) is 24.0 Å². The third kappa shape index (κ3) is 5.41. The predicted molar refractivity (Wildman–Crippen MR) is 109 cm³/mol. The fourth-order valence-corrected chi connectivity index (χ4v) is 3.44. The smallest absolute Gasteiger partial charge is 0.253 e. The van der Waals surface area contributed by atoms with Crippen molar-refractivity contribution in [2.24, 2.45) is 0 Å². The van der Waals surface area contributed by atoms with E-state index in [1.165, 1.54) is 5.56 Å². The van der Waals surface area contributed by atoms with Crippen molar-refractivity contribution in [2.45, 2.75) is 26.9 Å². The Labute approximate surface area is 164 Å². The summed E-state index contributed by atoms with van der Waals surface area (Å²) in [5, 5.41) is 3.02. The molecule has 0 fully saturated rings. The lowest BCUT2D eigenvalue weighted by Crippen LogP contribution is -2.32. The summed E-state index contributed by atoms with van der Waals surface area (Å²) in [7, 11) is 0. The standard InChI is InChI=1S/C22H24N2O2S/c1-3-24(13-12-18-8-5-4-6-9-18)22(25)19-10-7-11-21(14-19)26-15-20-16-27-17(2)23-20/h4-11,14,16H,3,12-13,15H2,1-2H3. The van der Waals surface area contributed by atoms with Gasteiger partial charge in [0.05, 0.1) is 10.7 Å². The van der Waals surface area contributed by atoms with E-state index in [1.807, 2.05) is 66.6 Å². The molecule has 140 valence electrons. The van der Waals surface area contributed by atoms with Crippen molar-refractivity contribution in [1.82, 2.24) is 9.88 Å². The number of nitrogens with zero attached hydrogens (tertiary/aromatic N) is 2. The number of aromatic nitrogens is 1. The topological polar surface area (TPSA) is 42.4 Å². The summed E-state index contributed by atoms with van der Waals surface area (Å²) in [5.41, 5.74) is 2.79. The second-order valence-corrected chi connectivity index (χ2v) is 7.36. The summed E-state index contributed by atoms with van der Waals surface area (Å²) >= 11 is 1.61. The second kappa shape index (κ2) is 9.33. The van der Waals surface area contributed by atoms with Crippen molar-refractivity contribution in [2.75, 3.05) is 13.1 Å². The van der Waals surface area contributed by atoms with Crippen LogP contribution in [0.5, 0.6) is 5.75 Å². The summed E-state index contributed by atoms with van der Waals surface area (Å²) in [4.78, 5) is 19.2. The van der Waals surface area contributed by atoms with Crippen molar-refractivity contribution in [3.05, 3.63) is 81.8 Å². The zero-order valence-electron chi connectivity index (χ0n) is 15.7. The van der Waals surface area contributed by atoms with E-state index in [9.17, 15) is 4.79 Å². The molecule has 0 radical (unpaired) electrons. The summed E-state index contributed by atoms with van der Waals surface area (Å²) in [6, 6.07) is 17.6. The first-order valence-electron chi connectivity index (χ1n) is 9.12. The van der Waals surface area contributed by atoms with Crippen LogP contribution in [0.4, 0.5) is 0 Å². The molecule has 0 atom stereocenters. The fraction of sp³-hybridized carbons (Fsp3) is 0.273. The number of amides is 1. The minimum atomic E-state index is 0.0309. The number of hydrogen-bond donors (Lipinski definition) is 0. The third-order valence-electron chi connectivity index (χ3n) is 4.32. The van der Waals surface area contributed by atoms with E-state index in [0.717, 1.165) is 17.1 Å². The Bertz CT molecular complexity index is 877. The molecule has 0 saturated carbocycles. The first-order chi connectivity index (χ1) is 13.2. The quantitative estimate of drug-likeness (QED) is 0.567. The number of rotatable bonds is 8. The van der Waals surface area contributed by atoms with E-state index < -0.39 is 0 Å². The SMILES string of the molecule is CCN(CCc1ccccc1)C(=O)c1cccc(OCc2csc(C)n2)c1. The van der Waals surface area contributed by atoms with Gasteiger partial charge in [-0.1, -0.05) is 36.4 Å². The molecule has 0 aliphatic heterocycles. The van der Waals surface area contributed by atoms with Crippen LogP contribution in [0, 0.1) is 6.92 Å². The van der Waals surface area contributed by atoms with Gasteiger partial charge in [0.1, 0.15) is 12.4 Å². The van der Waals surface area contributed by atoms with E-state index in [2.05, 4.69) is 17.1 Å². The molecule has 0 aliphatic carbocycles. The van der Waals surface area contributed by atoms with Gasteiger partial charge in [-0.15, -0.1) is 11.3 Å². The minimum absolute atomic E-state index is 0.0309. The first-order valence-corrected chi connectivity index (χ1v) is 10.0. The molecule has 1 heterocycles. The number of aryl methyl sites for hydroxylation is 1. The number of ether oxygens (including phenoxy) is 1. The number of carbonyl (C=O) groups is 1. The molecule has 0 spiro atoms. The fourth-order valence-electron chi connectivity index (χ4n) is 2.85. The molecule has 3 rings (SSSR count). The average Bonchev–Trinajstić information content (AvgIpc) is 3.13. The summed E-state index contributed by atoms with van der Waals surface area (Å²) in [6.07, 6.45) is 0.847. The van der Waals surface area contributed by atoms with Gasteiger partial charge in [-0.05, 0) is 44.0 Å². The maximum Gasteiger partial charge on any atom is 0.253 e. The molecule has 0 unspecified atom stereocenters. The highest BCUT2D eigenvalue weighted by atomic mass is 32.1. The molecule has 1 aromatic heterocycles. The Morgan fingerprint density at radius 2 is 1.96 bits per heavy atom. The Hall–Kier alpha value is -2.66. The van der Waals surface area contributed by atoms with Crippen LogP contribution in [-0.4, -0.2) is 28.9 Å². The van der Waals surface area contributed by atoms with Crippen LogP contribution in [0.25, 0.3) is 0 Å². The lowest BCUT2D eigenvalue weighted by atomic mass is 10.1. The van der Waals surface area contributed by atoms with Crippen molar-refractivity contribution in [3.8, 4) is 5.75 Å². The van der Waals surface area contributed by atoms with Crippen molar-refractivity contribution in [1.29, 1.82) is 0 Å². The van der Waals surface area contributed by atoms with Gasteiger partial charge in [0.2, 0.25) is 0 Å². The normalized spacial score (nSPS) is 10.6. The van der Waals surface area contributed by atoms with Crippen LogP contribution in [0.15, 0.2) is 60.0 Å². The zero-order chi connectivity index (χ0) is 19.1. The summed E-state index contributed by atoms with van der Waals surface area (Å²) < 4.78 is 5.81. The first kappa shape index (κ1) is 19.1. The van der Waals surface area contributed by atoms with Gasteiger partial charge < -0.3 is 9.64 Å². The zero-order valence-corrected chi connectivity index (χ0v) is 16.5. The van der Waals surface area contributed by atoms with Crippen molar-refractivity contribution >= 4 is 17.2 Å². The Balaban J connectivity index is 1.62. The lowest BCUT2D eigenvalue weighted by molar-refractivity contribution is 0.0765. The van der Waals surface area contributed by atoms with E-state index in [0.29, 0.717) is 31.0 Å². The maximum absolute atomic E-state index is 12.9. The van der Waals surface area contributed by atoms with Gasteiger partial charge in [0.15, 0.2) is 0 Å². The van der Waals surface area contributed by atoms with E-state index in [1.54, 1.807) is 11.3 Å². The molecular weight excluding hydrogens is 356 g/mol. The minimum Gasteiger partial charge on any atom is -0.487 e. The van der Waals surface area contributed by atoms with Crippen molar-refractivity contribution < 1.29 is 9.53 Å². The molecule has 0 saturated heterocycles. The highest BCUT2D eigenvalue weighted by molar-refractivity contribution is 7.09. The molecule has 4 nitrogen and oxygen atoms in total. The predicted octanol–water partition coefficient (Wildman–Crippen LogP) is 4.74. The Kier molecular flexibility index (Phi) is 6.60. The maximum atomic E-state index is 12.9. The van der Waals surface area contributed by atoms with E-state index in [-0.39, 0.29) is 5.91 Å². The van der Waals surface area contributed by atoms with Gasteiger partial charge in [-0.25, -0.2) is 4.98 Å². The molecule has 1 amide bonds. The van der Waals surface area contributed by atoms with Crippen LogP contribution in [-0.2, 0) is 13.0 Å². The number of benzene rings is 2. The number of carbonyl (C=O) groups excluding carboxylic acids is 1. The largest absolute Gasteiger partial charge is 0.487 e. The molecule has 0 bridgehead atoms. The number of thiazole rings is 1. The van der Waals surface area contributed by atoms with Gasteiger partial charge in [0.25, 0.3) is 5.91 Å².